The van der Waals surface area contributed by atoms with Gasteiger partial charge in [0.05, 0.1) is 5.69 Å². The van der Waals surface area contributed by atoms with E-state index in [2.05, 4.69) is 9.97 Å². The minimum Gasteiger partial charge on any atom is -0.308 e. The lowest BCUT2D eigenvalue weighted by atomic mass is 10.0. The molecule has 0 spiro atoms. The Balaban J connectivity index is 1.77. The Morgan fingerprint density at radius 2 is 1.87 bits per heavy atom. The second-order valence-electron chi connectivity index (χ2n) is 6.63. The third kappa shape index (κ3) is 4.74. The summed E-state index contributed by atoms with van der Waals surface area (Å²) in [6.07, 6.45) is 11.2. The van der Waals surface area contributed by atoms with Crippen LogP contribution in [0.2, 0.25) is 0 Å². The number of nitrogens with zero attached hydrogens (tertiary/aromatic N) is 3. The number of amides is 1. The molecular formula is C24H23N5O. The van der Waals surface area contributed by atoms with Crippen LogP contribution < -0.4 is 10.9 Å². The van der Waals surface area contributed by atoms with Crippen molar-refractivity contribution in [2.24, 2.45) is 5.84 Å². The molecule has 0 fully saturated rings. The van der Waals surface area contributed by atoms with Gasteiger partial charge in [0.2, 0.25) is 0 Å². The molecule has 0 aliphatic carbocycles. The van der Waals surface area contributed by atoms with Crippen molar-refractivity contribution in [2.45, 2.75) is 13.8 Å². The van der Waals surface area contributed by atoms with Crippen LogP contribution in [0.25, 0.3) is 22.8 Å². The molecule has 0 saturated carbocycles. The van der Waals surface area contributed by atoms with Crippen LogP contribution in [-0.2, 0) is 4.79 Å². The number of benzene rings is 1. The van der Waals surface area contributed by atoms with Gasteiger partial charge < -0.3 is 5.41 Å². The first-order chi connectivity index (χ1) is 14.5. The number of anilines is 1. The number of pyridine rings is 2. The second-order valence-corrected chi connectivity index (χ2v) is 6.63. The molecule has 3 rings (SSSR count). The van der Waals surface area contributed by atoms with Crippen LogP contribution in [0.15, 0.2) is 73.2 Å². The second kappa shape index (κ2) is 9.54. The van der Waals surface area contributed by atoms with Crippen molar-refractivity contribution >= 4 is 29.5 Å². The highest BCUT2D eigenvalue weighted by Crippen LogP contribution is 2.23. The van der Waals surface area contributed by atoms with Gasteiger partial charge in [0, 0.05) is 42.1 Å². The number of carbonyl (C=O) groups is 1. The minimum atomic E-state index is -0.366. The summed E-state index contributed by atoms with van der Waals surface area (Å²) in [5.41, 5.74) is 5.91. The number of hydrazine groups is 1. The van der Waals surface area contributed by atoms with Crippen molar-refractivity contribution in [2.75, 3.05) is 5.01 Å². The van der Waals surface area contributed by atoms with E-state index in [1.165, 1.54) is 12.3 Å². The molecule has 0 radical (unpaired) electrons. The predicted octanol–water partition coefficient (Wildman–Crippen LogP) is 4.42. The van der Waals surface area contributed by atoms with Crippen LogP contribution in [0.3, 0.4) is 0 Å². The van der Waals surface area contributed by atoms with Gasteiger partial charge in [-0.1, -0.05) is 18.2 Å². The highest BCUT2D eigenvalue weighted by molar-refractivity contribution is 6.10. The Kier molecular flexibility index (Phi) is 6.62. The van der Waals surface area contributed by atoms with E-state index in [1.807, 2.05) is 50.3 Å². The van der Waals surface area contributed by atoms with Crippen LogP contribution in [0.4, 0.5) is 5.69 Å². The first kappa shape index (κ1) is 20.8. The van der Waals surface area contributed by atoms with Crippen LogP contribution in [0.5, 0.6) is 0 Å². The molecule has 3 aromatic rings. The van der Waals surface area contributed by atoms with Crippen molar-refractivity contribution in [3.05, 3.63) is 90.0 Å². The van der Waals surface area contributed by atoms with E-state index in [-0.39, 0.29) is 5.91 Å². The summed E-state index contributed by atoms with van der Waals surface area (Å²) < 4.78 is 0. The van der Waals surface area contributed by atoms with E-state index < -0.39 is 0 Å². The van der Waals surface area contributed by atoms with Crippen LogP contribution >= 0.6 is 0 Å². The smallest absolute Gasteiger partial charge is 0.265 e. The molecule has 3 N–H and O–H groups in total. The standard InChI is InChI=1S/C24H23N5O/c1-3-18(15-25)23-11-12-27-16-21(23)6-9-24(30)29(26)22-7-4-19(5-8-22)20-10-13-28-17(2)14-20/h3-16,25H,26H2,1-2H3/b9-6+,18-3+,25-15?. The van der Waals surface area contributed by atoms with E-state index in [1.54, 1.807) is 36.8 Å². The third-order valence-electron chi connectivity index (χ3n) is 4.65. The van der Waals surface area contributed by atoms with Crippen molar-refractivity contribution in [1.82, 2.24) is 9.97 Å². The number of aromatic nitrogens is 2. The van der Waals surface area contributed by atoms with Crippen molar-refractivity contribution < 1.29 is 4.79 Å². The first-order valence-electron chi connectivity index (χ1n) is 9.44. The number of carbonyl (C=O) groups excluding carboxylic acids is 1. The van der Waals surface area contributed by atoms with Crippen molar-refractivity contribution in [1.29, 1.82) is 5.41 Å². The van der Waals surface area contributed by atoms with Crippen LogP contribution in [0.1, 0.15) is 23.7 Å². The van der Waals surface area contributed by atoms with Gasteiger partial charge in [-0.05, 0) is 72.5 Å². The zero-order valence-corrected chi connectivity index (χ0v) is 16.9. The Morgan fingerprint density at radius 3 is 2.53 bits per heavy atom. The lowest BCUT2D eigenvalue weighted by molar-refractivity contribution is -0.114. The number of hydrogen-bond acceptors (Lipinski definition) is 5. The molecule has 6 nitrogen and oxygen atoms in total. The molecule has 1 aromatic carbocycles. The molecule has 1 amide bonds. The molecule has 30 heavy (non-hydrogen) atoms. The van der Waals surface area contributed by atoms with Gasteiger partial charge in [-0.15, -0.1) is 0 Å². The fraction of sp³-hybridized carbons (Fsp3) is 0.0833. The maximum Gasteiger partial charge on any atom is 0.265 e. The molecule has 6 heteroatoms. The molecule has 0 aliphatic rings. The number of nitrogens with two attached hydrogens (primary N) is 1. The summed E-state index contributed by atoms with van der Waals surface area (Å²) in [6.45, 7) is 3.80. The normalized spacial score (nSPS) is 11.5. The van der Waals surface area contributed by atoms with Gasteiger partial charge in [0.25, 0.3) is 5.91 Å². The van der Waals surface area contributed by atoms with Gasteiger partial charge in [0.1, 0.15) is 0 Å². The number of hydrogen-bond donors (Lipinski definition) is 2. The lowest BCUT2D eigenvalue weighted by Gasteiger charge is -2.15. The summed E-state index contributed by atoms with van der Waals surface area (Å²) in [7, 11) is 0. The van der Waals surface area contributed by atoms with Gasteiger partial charge in [-0.25, -0.2) is 10.9 Å². The maximum atomic E-state index is 12.6. The summed E-state index contributed by atoms with van der Waals surface area (Å²) >= 11 is 0. The molecule has 150 valence electrons. The number of rotatable bonds is 6. The molecule has 2 heterocycles. The molecule has 2 aromatic heterocycles. The minimum absolute atomic E-state index is 0.366. The van der Waals surface area contributed by atoms with E-state index in [0.29, 0.717) is 5.69 Å². The summed E-state index contributed by atoms with van der Waals surface area (Å²) in [5, 5.41) is 8.64. The van der Waals surface area contributed by atoms with Gasteiger partial charge >= 0.3 is 0 Å². The average Bonchev–Trinajstić information content (AvgIpc) is 2.78. The van der Waals surface area contributed by atoms with Gasteiger partial charge in [-0.2, -0.15) is 0 Å². The summed E-state index contributed by atoms with van der Waals surface area (Å²) in [5.74, 6) is 5.66. The quantitative estimate of drug-likeness (QED) is 0.211. The average molecular weight is 397 g/mol. The van der Waals surface area contributed by atoms with E-state index in [4.69, 9.17) is 11.3 Å². The highest BCUT2D eigenvalue weighted by atomic mass is 16.2. The zero-order chi connectivity index (χ0) is 21.5. The topological polar surface area (TPSA) is 96.0 Å². The number of aryl methyl sites for hydroxylation is 1. The first-order valence-corrected chi connectivity index (χ1v) is 9.44. The molecule has 0 unspecified atom stereocenters. The largest absolute Gasteiger partial charge is 0.308 e. The van der Waals surface area contributed by atoms with Crippen molar-refractivity contribution in [3.63, 3.8) is 0 Å². The van der Waals surface area contributed by atoms with Crippen LogP contribution in [0, 0.1) is 12.3 Å². The SMILES string of the molecule is C/C=C(\C=N)c1ccncc1/C=C/C(=O)N(N)c1ccc(-c2ccnc(C)c2)cc1. The van der Waals surface area contributed by atoms with Crippen molar-refractivity contribution in [3.8, 4) is 11.1 Å². The third-order valence-corrected chi connectivity index (χ3v) is 4.65. The zero-order valence-electron chi connectivity index (χ0n) is 16.9. The monoisotopic (exact) mass is 397 g/mol. The van der Waals surface area contributed by atoms with Gasteiger partial charge in [0.15, 0.2) is 0 Å². The fourth-order valence-electron chi connectivity index (χ4n) is 3.03. The molecule has 0 aliphatic heterocycles. The molecule has 0 bridgehead atoms. The predicted molar refractivity (Wildman–Crippen MR) is 122 cm³/mol. The fourth-order valence-corrected chi connectivity index (χ4v) is 3.03. The number of nitrogens with one attached hydrogen (secondary N) is 1. The summed E-state index contributed by atoms with van der Waals surface area (Å²) in [6, 6.07) is 13.2. The Morgan fingerprint density at radius 1 is 1.10 bits per heavy atom. The van der Waals surface area contributed by atoms with E-state index in [0.717, 1.165) is 38.5 Å². The Labute approximate surface area is 175 Å². The molecule has 0 atom stereocenters. The summed E-state index contributed by atoms with van der Waals surface area (Å²) in [4.78, 5) is 20.9. The Hall–Kier alpha value is -3.90. The maximum absolute atomic E-state index is 12.6. The van der Waals surface area contributed by atoms with E-state index in [9.17, 15) is 4.79 Å². The Bertz CT molecular complexity index is 1120. The number of allylic oxidation sites excluding steroid dienone is 2. The van der Waals surface area contributed by atoms with E-state index >= 15 is 0 Å². The molecule has 0 saturated heterocycles. The lowest BCUT2D eigenvalue weighted by Crippen LogP contribution is -2.36. The molecular weight excluding hydrogens is 374 g/mol. The van der Waals surface area contributed by atoms with Gasteiger partial charge in [-0.3, -0.25) is 14.8 Å². The van der Waals surface area contributed by atoms with Crippen LogP contribution in [-0.4, -0.2) is 22.1 Å². The highest BCUT2D eigenvalue weighted by Gasteiger charge is 2.10.